The zero-order chi connectivity index (χ0) is 19.0. The second kappa shape index (κ2) is 7.00. The lowest BCUT2D eigenvalue weighted by molar-refractivity contribution is -0.110. The van der Waals surface area contributed by atoms with Crippen LogP contribution in [-0.2, 0) is 16.0 Å². The lowest BCUT2D eigenvalue weighted by Crippen LogP contribution is -2.05. The number of thioether (sulfide) groups is 1. The van der Waals surface area contributed by atoms with E-state index in [1.54, 1.807) is 16.8 Å². The number of fused-ring (bicyclic) bond motifs is 1. The molecule has 0 amide bonds. The molecule has 0 radical (unpaired) electrons. The van der Waals surface area contributed by atoms with Gasteiger partial charge in [0, 0.05) is 29.6 Å². The molecule has 0 aliphatic carbocycles. The predicted octanol–water partition coefficient (Wildman–Crippen LogP) is 3.38. The summed E-state index contributed by atoms with van der Waals surface area (Å²) in [5.41, 5.74) is 3.52. The van der Waals surface area contributed by atoms with Gasteiger partial charge in [0.25, 0.3) is 0 Å². The first-order chi connectivity index (χ1) is 13.0. The molecule has 1 atom stereocenters. The first kappa shape index (κ1) is 17.5. The number of rotatable bonds is 4. The van der Waals surface area contributed by atoms with E-state index in [1.807, 2.05) is 18.3 Å². The Morgan fingerprint density at radius 2 is 2.11 bits per heavy atom. The molecule has 0 saturated heterocycles. The second-order valence-electron chi connectivity index (χ2n) is 6.32. The third-order valence-corrected chi connectivity index (χ3v) is 5.58. The Balaban J connectivity index is 1.56. The van der Waals surface area contributed by atoms with E-state index in [2.05, 4.69) is 33.9 Å². The largest absolute Gasteiger partial charge is 0.465 e. The fraction of sp³-hybridized carbons (Fsp3) is 0.200. The van der Waals surface area contributed by atoms with E-state index in [4.69, 9.17) is 0 Å². The molecule has 7 heteroatoms. The maximum absolute atomic E-state index is 11.6. The van der Waals surface area contributed by atoms with Crippen LogP contribution in [0.15, 0.2) is 53.7 Å². The fourth-order valence-corrected chi connectivity index (χ4v) is 3.96. The number of carbonyl (C=O) groups is 2. The van der Waals surface area contributed by atoms with Crippen LogP contribution in [0.2, 0.25) is 0 Å². The molecule has 6 nitrogen and oxygen atoms in total. The number of methoxy groups -OCH3 is 1. The molecule has 0 spiro atoms. The molecule has 1 aromatic carbocycles. The van der Waals surface area contributed by atoms with E-state index in [0.717, 1.165) is 21.7 Å². The number of nitrogens with zero attached hydrogens (tertiary/aromatic N) is 3. The van der Waals surface area contributed by atoms with Crippen LogP contribution >= 0.6 is 11.8 Å². The highest BCUT2D eigenvalue weighted by Crippen LogP contribution is 2.35. The molecule has 3 heterocycles. The predicted molar refractivity (Wildman–Crippen MR) is 101 cm³/mol. The summed E-state index contributed by atoms with van der Waals surface area (Å²) in [6.07, 6.45) is 3.83. The van der Waals surface area contributed by atoms with Crippen LogP contribution in [0, 0.1) is 0 Å². The van der Waals surface area contributed by atoms with Crippen molar-refractivity contribution < 1.29 is 14.3 Å². The van der Waals surface area contributed by atoms with E-state index < -0.39 is 5.97 Å². The summed E-state index contributed by atoms with van der Waals surface area (Å²) in [6.45, 7) is 2.09. The summed E-state index contributed by atoms with van der Waals surface area (Å²) in [5.74, 6) is 0.287. The standard InChI is InChI=1S/C20H17N3O3S/c1-12(13-3-4-14-10-19(24)27-17(14)9-13)16-7-8-23(22-16)18-6-5-15(11-21-18)20(25)26-2/h3-9,11-12H,10H2,1-2H3. The first-order valence-corrected chi connectivity index (χ1v) is 9.30. The molecule has 136 valence electrons. The molecule has 1 unspecified atom stereocenters. The van der Waals surface area contributed by atoms with Gasteiger partial charge in [0.1, 0.15) is 0 Å². The Morgan fingerprint density at radius 1 is 1.26 bits per heavy atom. The van der Waals surface area contributed by atoms with Crippen molar-refractivity contribution in [2.24, 2.45) is 0 Å². The number of carbonyl (C=O) groups excluding carboxylic acids is 2. The van der Waals surface area contributed by atoms with E-state index in [1.165, 1.54) is 25.1 Å². The summed E-state index contributed by atoms with van der Waals surface area (Å²) < 4.78 is 6.36. The SMILES string of the molecule is COC(=O)c1ccc(-n2ccc(C(C)c3ccc4c(c3)SC(=O)C4)n2)nc1. The van der Waals surface area contributed by atoms with Crippen molar-refractivity contribution in [2.45, 2.75) is 24.2 Å². The third kappa shape index (κ3) is 3.38. The van der Waals surface area contributed by atoms with Gasteiger partial charge in [0.05, 0.1) is 18.4 Å². The Bertz CT molecular complexity index is 1030. The summed E-state index contributed by atoms with van der Waals surface area (Å²) in [5, 5.41) is 4.82. The number of aromatic nitrogens is 3. The number of esters is 1. The van der Waals surface area contributed by atoms with Crippen LogP contribution in [0.4, 0.5) is 0 Å². The zero-order valence-corrected chi connectivity index (χ0v) is 15.7. The minimum Gasteiger partial charge on any atom is -0.465 e. The van der Waals surface area contributed by atoms with Gasteiger partial charge in [-0.05, 0) is 35.4 Å². The minimum atomic E-state index is -0.420. The highest BCUT2D eigenvalue weighted by atomic mass is 32.2. The second-order valence-corrected chi connectivity index (χ2v) is 7.42. The summed E-state index contributed by atoms with van der Waals surface area (Å²) in [4.78, 5) is 28.4. The van der Waals surface area contributed by atoms with Crippen LogP contribution in [0.25, 0.3) is 5.82 Å². The summed E-state index contributed by atoms with van der Waals surface area (Å²) in [6, 6.07) is 11.5. The molecule has 2 aromatic heterocycles. The number of ether oxygens (including phenoxy) is 1. The Hall–Kier alpha value is -2.93. The van der Waals surface area contributed by atoms with E-state index >= 15 is 0 Å². The molecule has 4 rings (SSSR count). The molecule has 0 saturated carbocycles. The zero-order valence-electron chi connectivity index (χ0n) is 14.9. The number of hydrogen-bond donors (Lipinski definition) is 0. The number of benzene rings is 1. The highest BCUT2D eigenvalue weighted by molar-refractivity contribution is 8.14. The maximum atomic E-state index is 11.6. The number of hydrogen-bond acceptors (Lipinski definition) is 6. The molecule has 1 aliphatic heterocycles. The Kier molecular flexibility index (Phi) is 4.53. The number of pyridine rings is 1. The monoisotopic (exact) mass is 379 g/mol. The van der Waals surface area contributed by atoms with E-state index in [9.17, 15) is 9.59 Å². The van der Waals surface area contributed by atoms with Gasteiger partial charge in [0.2, 0.25) is 0 Å². The van der Waals surface area contributed by atoms with Crippen LogP contribution < -0.4 is 0 Å². The van der Waals surface area contributed by atoms with Crippen molar-refractivity contribution in [3.05, 3.63) is 71.2 Å². The topological polar surface area (TPSA) is 74.1 Å². The average Bonchev–Trinajstić information content (AvgIpc) is 3.32. The Labute approximate surface area is 160 Å². The normalized spacial score (nSPS) is 14.1. The van der Waals surface area contributed by atoms with Crippen molar-refractivity contribution in [1.29, 1.82) is 0 Å². The van der Waals surface area contributed by atoms with Gasteiger partial charge in [-0.25, -0.2) is 14.5 Å². The van der Waals surface area contributed by atoms with Crippen molar-refractivity contribution in [2.75, 3.05) is 7.11 Å². The molecule has 0 N–H and O–H groups in total. The van der Waals surface area contributed by atoms with Gasteiger partial charge < -0.3 is 4.74 Å². The van der Waals surface area contributed by atoms with Gasteiger partial charge >= 0.3 is 5.97 Å². The fourth-order valence-electron chi connectivity index (χ4n) is 3.02. The van der Waals surface area contributed by atoms with Gasteiger partial charge in [-0.2, -0.15) is 5.10 Å². The van der Waals surface area contributed by atoms with Crippen LogP contribution in [-0.4, -0.2) is 33.0 Å². The molecule has 3 aromatic rings. The molecule has 27 heavy (non-hydrogen) atoms. The highest BCUT2D eigenvalue weighted by Gasteiger charge is 2.21. The molecule has 1 aliphatic rings. The van der Waals surface area contributed by atoms with Crippen LogP contribution in [0.1, 0.15) is 40.0 Å². The van der Waals surface area contributed by atoms with Crippen LogP contribution in [0.5, 0.6) is 0 Å². The smallest absolute Gasteiger partial charge is 0.339 e. The lowest BCUT2D eigenvalue weighted by atomic mass is 9.96. The lowest BCUT2D eigenvalue weighted by Gasteiger charge is -2.10. The quantitative estimate of drug-likeness (QED) is 0.647. The third-order valence-electron chi connectivity index (χ3n) is 4.61. The van der Waals surface area contributed by atoms with Gasteiger partial charge in [-0.3, -0.25) is 4.79 Å². The van der Waals surface area contributed by atoms with Gasteiger partial charge in [-0.1, -0.05) is 30.8 Å². The summed E-state index contributed by atoms with van der Waals surface area (Å²) in [7, 11) is 1.34. The van der Waals surface area contributed by atoms with Crippen molar-refractivity contribution in [3.63, 3.8) is 0 Å². The molecular formula is C20H17N3O3S. The van der Waals surface area contributed by atoms with E-state index in [0.29, 0.717) is 17.8 Å². The molecule has 0 bridgehead atoms. The maximum Gasteiger partial charge on any atom is 0.339 e. The van der Waals surface area contributed by atoms with Gasteiger partial charge in [0.15, 0.2) is 10.9 Å². The first-order valence-electron chi connectivity index (χ1n) is 8.49. The van der Waals surface area contributed by atoms with Crippen molar-refractivity contribution >= 4 is 22.8 Å². The van der Waals surface area contributed by atoms with Crippen molar-refractivity contribution in [1.82, 2.24) is 14.8 Å². The molecular weight excluding hydrogens is 362 g/mol. The molecule has 0 fully saturated rings. The van der Waals surface area contributed by atoms with Crippen molar-refractivity contribution in [3.8, 4) is 5.82 Å². The minimum absolute atomic E-state index is 0.0854. The average molecular weight is 379 g/mol. The van der Waals surface area contributed by atoms with Gasteiger partial charge in [-0.15, -0.1) is 0 Å². The van der Waals surface area contributed by atoms with E-state index in [-0.39, 0.29) is 11.0 Å². The Morgan fingerprint density at radius 3 is 2.85 bits per heavy atom. The summed E-state index contributed by atoms with van der Waals surface area (Å²) >= 11 is 1.31. The van der Waals surface area contributed by atoms with Crippen LogP contribution in [0.3, 0.4) is 0 Å².